The number of ether oxygens (including phenoxy) is 1. The molecule has 1 fully saturated rings. The Kier molecular flexibility index (Phi) is 4.55. The lowest BCUT2D eigenvalue weighted by Crippen LogP contribution is -2.28. The zero-order valence-corrected chi connectivity index (χ0v) is 15.3. The minimum absolute atomic E-state index is 0.447. The van der Waals surface area contributed by atoms with Crippen molar-refractivity contribution in [1.29, 1.82) is 0 Å². The first-order valence-electron chi connectivity index (χ1n) is 8.62. The molecule has 0 aliphatic carbocycles. The molecule has 0 saturated carbocycles. The summed E-state index contributed by atoms with van der Waals surface area (Å²) < 4.78 is 5.41. The van der Waals surface area contributed by atoms with Crippen molar-refractivity contribution in [3.8, 4) is 5.75 Å². The second-order valence-corrected chi connectivity index (χ2v) is 7.66. The van der Waals surface area contributed by atoms with Crippen LogP contribution in [0.25, 0.3) is 10.8 Å². The van der Waals surface area contributed by atoms with Gasteiger partial charge in [0, 0.05) is 34.6 Å². The van der Waals surface area contributed by atoms with E-state index in [2.05, 4.69) is 40.7 Å². The zero-order valence-electron chi connectivity index (χ0n) is 14.5. The van der Waals surface area contributed by atoms with E-state index in [9.17, 15) is 0 Å². The molecule has 0 unspecified atom stereocenters. The molecule has 3 heterocycles. The summed E-state index contributed by atoms with van der Waals surface area (Å²) in [7, 11) is 1.70. The third-order valence-corrected chi connectivity index (χ3v) is 5.45. The summed E-state index contributed by atoms with van der Waals surface area (Å²) >= 11 is 1.64. The molecule has 25 heavy (non-hydrogen) atoms. The van der Waals surface area contributed by atoms with Gasteiger partial charge >= 0.3 is 0 Å². The van der Waals surface area contributed by atoms with Crippen LogP contribution < -0.4 is 15.4 Å². The normalized spacial score (nSPS) is 17.6. The molecule has 2 aromatic heterocycles. The number of anilines is 2. The van der Waals surface area contributed by atoms with Crippen LogP contribution in [0.1, 0.15) is 29.3 Å². The van der Waals surface area contributed by atoms with Gasteiger partial charge in [-0.05, 0) is 56.0 Å². The SMILES string of the molecule is COc1ccc2c(Nc3ncc(C)s3)nc([C@@H]3CCCNC3)cc2c1. The van der Waals surface area contributed by atoms with Crippen LogP contribution in [0.4, 0.5) is 10.9 Å². The molecule has 1 aliphatic heterocycles. The van der Waals surface area contributed by atoms with Gasteiger partial charge in [0.15, 0.2) is 5.13 Å². The van der Waals surface area contributed by atoms with Crippen LogP contribution in [0.5, 0.6) is 5.75 Å². The predicted molar refractivity (Wildman–Crippen MR) is 103 cm³/mol. The third kappa shape index (κ3) is 3.45. The van der Waals surface area contributed by atoms with E-state index in [0.29, 0.717) is 5.92 Å². The fraction of sp³-hybridized carbons (Fsp3) is 0.368. The lowest BCUT2D eigenvalue weighted by atomic mass is 9.94. The zero-order chi connectivity index (χ0) is 17.2. The second-order valence-electron chi connectivity index (χ2n) is 6.43. The minimum Gasteiger partial charge on any atom is -0.497 e. The van der Waals surface area contributed by atoms with Gasteiger partial charge in [-0.2, -0.15) is 0 Å². The van der Waals surface area contributed by atoms with Crippen LogP contribution >= 0.6 is 11.3 Å². The molecular formula is C19H22N4OS. The van der Waals surface area contributed by atoms with Crippen LogP contribution in [-0.4, -0.2) is 30.2 Å². The van der Waals surface area contributed by atoms with Crippen molar-refractivity contribution in [3.05, 3.63) is 41.0 Å². The number of aryl methyl sites for hydroxylation is 1. The number of hydrogen-bond donors (Lipinski definition) is 2. The highest BCUT2D eigenvalue weighted by Gasteiger charge is 2.19. The van der Waals surface area contributed by atoms with Crippen molar-refractivity contribution in [1.82, 2.24) is 15.3 Å². The van der Waals surface area contributed by atoms with Crippen LogP contribution in [0.15, 0.2) is 30.5 Å². The number of rotatable bonds is 4. The van der Waals surface area contributed by atoms with Gasteiger partial charge in [-0.3, -0.25) is 0 Å². The molecule has 5 nitrogen and oxygen atoms in total. The van der Waals surface area contributed by atoms with Crippen molar-refractivity contribution in [3.63, 3.8) is 0 Å². The van der Waals surface area contributed by atoms with Crippen molar-refractivity contribution >= 4 is 33.1 Å². The first-order chi connectivity index (χ1) is 12.2. The Morgan fingerprint density at radius 1 is 1.32 bits per heavy atom. The maximum absolute atomic E-state index is 5.41. The average Bonchev–Trinajstić information content (AvgIpc) is 3.06. The van der Waals surface area contributed by atoms with Gasteiger partial charge in [0.1, 0.15) is 11.6 Å². The van der Waals surface area contributed by atoms with Gasteiger partial charge < -0.3 is 15.4 Å². The second kappa shape index (κ2) is 6.98. The number of piperidine rings is 1. The summed E-state index contributed by atoms with van der Waals surface area (Å²) in [5.74, 6) is 2.18. The van der Waals surface area contributed by atoms with Crippen molar-refractivity contribution < 1.29 is 4.74 Å². The summed E-state index contributed by atoms with van der Waals surface area (Å²) in [5, 5.41) is 10.0. The first kappa shape index (κ1) is 16.3. The molecule has 4 rings (SSSR count). The van der Waals surface area contributed by atoms with Crippen LogP contribution in [-0.2, 0) is 0 Å². The van der Waals surface area contributed by atoms with Gasteiger partial charge in [0.2, 0.25) is 0 Å². The minimum atomic E-state index is 0.447. The molecule has 0 radical (unpaired) electrons. The molecule has 0 bridgehead atoms. The smallest absolute Gasteiger partial charge is 0.188 e. The Morgan fingerprint density at radius 3 is 2.96 bits per heavy atom. The van der Waals surface area contributed by atoms with E-state index < -0.39 is 0 Å². The monoisotopic (exact) mass is 354 g/mol. The number of hydrogen-bond acceptors (Lipinski definition) is 6. The molecule has 1 aliphatic rings. The van der Waals surface area contributed by atoms with Crippen molar-refractivity contribution in [2.24, 2.45) is 0 Å². The standard InChI is InChI=1S/C19H22N4OS/c1-12-10-21-19(25-12)23-18-16-6-5-15(24-2)8-14(16)9-17(22-18)13-4-3-7-20-11-13/h5-6,8-10,13,20H,3-4,7,11H2,1-2H3,(H,21,22,23)/t13-/m1/s1. The molecule has 0 amide bonds. The number of fused-ring (bicyclic) bond motifs is 1. The first-order valence-corrected chi connectivity index (χ1v) is 9.43. The van der Waals surface area contributed by atoms with Gasteiger partial charge in [0.25, 0.3) is 0 Å². The van der Waals surface area contributed by atoms with Gasteiger partial charge in [-0.15, -0.1) is 11.3 Å². The summed E-state index contributed by atoms with van der Waals surface area (Å²) in [4.78, 5) is 10.6. The number of pyridine rings is 1. The van der Waals surface area contributed by atoms with Crippen molar-refractivity contribution in [2.45, 2.75) is 25.7 Å². The summed E-state index contributed by atoms with van der Waals surface area (Å²) in [6.45, 7) is 4.14. The van der Waals surface area contributed by atoms with Gasteiger partial charge in [-0.1, -0.05) is 0 Å². The predicted octanol–water partition coefficient (Wildman–Crippen LogP) is 4.22. The third-order valence-electron chi connectivity index (χ3n) is 4.62. The van der Waals surface area contributed by atoms with E-state index in [1.54, 1.807) is 18.4 Å². The maximum Gasteiger partial charge on any atom is 0.188 e. The summed E-state index contributed by atoms with van der Waals surface area (Å²) in [6.07, 6.45) is 4.25. The van der Waals surface area contributed by atoms with E-state index in [-0.39, 0.29) is 0 Å². The summed E-state index contributed by atoms with van der Waals surface area (Å²) in [6, 6.07) is 8.32. The average molecular weight is 354 g/mol. The van der Waals surface area contributed by atoms with Crippen LogP contribution in [0, 0.1) is 6.92 Å². The highest BCUT2D eigenvalue weighted by atomic mass is 32.1. The van der Waals surface area contributed by atoms with E-state index in [0.717, 1.165) is 46.3 Å². The molecule has 3 aromatic rings. The van der Waals surface area contributed by atoms with E-state index >= 15 is 0 Å². The number of benzene rings is 1. The number of thiazole rings is 1. The molecule has 130 valence electrons. The van der Waals surface area contributed by atoms with E-state index in [1.807, 2.05) is 12.3 Å². The lowest BCUT2D eigenvalue weighted by molar-refractivity contribution is 0.415. The quantitative estimate of drug-likeness (QED) is 0.735. The molecule has 2 N–H and O–H groups in total. The van der Waals surface area contributed by atoms with E-state index in [4.69, 9.17) is 9.72 Å². The highest BCUT2D eigenvalue weighted by Crippen LogP contribution is 2.33. The number of nitrogens with zero attached hydrogens (tertiary/aromatic N) is 2. The number of aromatic nitrogens is 2. The Morgan fingerprint density at radius 2 is 2.24 bits per heavy atom. The molecular weight excluding hydrogens is 332 g/mol. The Bertz CT molecular complexity index is 886. The van der Waals surface area contributed by atoms with Crippen LogP contribution in [0.2, 0.25) is 0 Å². The summed E-state index contributed by atoms with van der Waals surface area (Å²) in [5.41, 5.74) is 1.13. The number of methoxy groups -OCH3 is 1. The Labute approximate surface area is 151 Å². The Hall–Kier alpha value is -2.18. The van der Waals surface area contributed by atoms with E-state index in [1.165, 1.54) is 17.7 Å². The van der Waals surface area contributed by atoms with Crippen molar-refractivity contribution in [2.75, 3.05) is 25.5 Å². The molecule has 1 atom stereocenters. The highest BCUT2D eigenvalue weighted by molar-refractivity contribution is 7.15. The molecule has 0 spiro atoms. The maximum atomic E-state index is 5.41. The van der Waals surface area contributed by atoms with Gasteiger partial charge in [0.05, 0.1) is 7.11 Å². The molecule has 6 heteroatoms. The Balaban J connectivity index is 1.79. The molecule has 1 aromatic carbocycles. The molecule has 1 saturated heterocycles. The van der Waals surface area contributed by atoms with Crippen LogP contribution in [0.3, 0.4) is 0 Å². The fourth-order valence-corrected chi connectivity index (χ4v) is 3.97. The topological polar surface area (TPSA) is 59.1 Å². The fourth-order valence-electron chi connectivity index (χ4n) is 3.31. The largest absolute Gasteiger partial charge is 0.497 e. The number of nitrogens with one attached hydrogen (secondary N) is 2. The lowest BCUT2D eigenvalue weighted by Gasteiger charge is -2.23. The van der Waals surface area contributed by atoms with Gasteiger partial charge in [-0.25, -0.2) is 9.97 Å².